The molecule has 2 amide bonds. The number of amides is 2. The summed E-state index contributed by atoms with van der Waals surface area (Å²) in [6.07, 6.45) is 6.16. The zero-order valence-corrected chi connectivity index (χ0v) is 16.1. The van der Waals surface area contributed by atoms with Crippen LogP contribution in [0.2, 0.25) is 0 Å². The molecule has 0 radical (unpaired) electrons. The monoisotopic (exact) mass is 374 g/mol. The third kappa shape index (κ3) is 6.38. The van der Waals surface area contributed by atoms with E-state index >= 15 is 0 Å². The number of hydrogen-bond acceptors (Lipinski definition) is 3. The lowest BCUT2D eigenvalue weighted by Crippen LogP contribution is -2.47. The quantitative estimate of drug-likeness (QED) is 0.652. The smallest absolute Gasteiger partial charge is 0.308 e. The Morgan fingerprint density at radius 3 is 2.26 bits per heavy atom. The second kappa shape index (κ2) is 10.1. The van der Waals surface area contributed by atoms with Crippen LogP contribution in [0.1, 0.15) is 64.0 Å². The number of rotatable bonds is 8. The van der Waals surface area contributed by atoms with Crippen molar-refractivity contribution in [2.45, 2.75) is 64.5 Å². The lowest BCUT2D eigenvalue weighted by Gasteiger charge is -2.26. The highest BCUT2D eigenvalue weighted by atomic mass is 16.4. The molecule has 3 unspecified atom stereocenters. The summed E-state index contributed by atoms with van der Waals surface area (Å²) >= 11 is 0. The highest BCUT2D eigenvalue weighted by Crippen LogP contribution is 2.26. The topological polar surface area (TPSA) is 95.5 Å². The molecule has 1 saturated carbocycles. The predicted molar refractivity (Wildman–Crippen MR) is 103 cm³/mol. The average Bonchev–Trinajstić information content (AvgIpc) is 2.66. The van der Waals surface area contributed by atoms with Crippen molar-refractivity contribution in [2.75, 3.05) is 0 Å². The molecule has 3 atom stereocenters. The molecule has 6 heteroatoms. The van der Waals surface area contributed by atoms with E-state index in [1.807, 2.05) is 6.07 Å². The number of carbonyl (C=O) groups excluding carboxylic acids is 2. The summed E-state index contributed by atoms with van der Waals surface area (Å²) in [5, 5.41) is 14.9. The van der Waals surface area contributed by atoms with Gasteiger partial charge in [0.15, 0.2) is 0 Å². The number of benzene rings is 1. The van der Waals surface area contributed by atoms with Crippen LogP contribution in [0, 0.1) is 11.8 Å². The Morgan fingerprint density at radius 1 is 1.04 bits per heavy atom. The van der Waals surface area contributed by atoms with Gasteiger partial charge in [0.25, 0.3) is 0 Å². The third-order valence-corrected chi connectivity index (χ3v) is 5.32. The van der Waals surface area contributed by atoms with Gasteiger partial charge in [-0.1, -0.05) is 49.6 Å². The van der Waals surface area contributed by atoms with E-state index in [-0.39, 0.29) is 11.8 Å². The third-order valence-electron chi connectivity index (χ3n) is 5.32. The van der Waals surface area contributed by atoms with Gasteiger partial charge in [-0.25, -0.2) is 0 Å². The molecular formula is C21H30N2O4. The Kier molecular flexibility index (Phi) is 7.82. The molecule has 1 aliphatic rings. The number of aliphatic carboxylic acids is 1. The zero-order chi connectivity index (χ0) is 19.8. The molecule has 1 aromatic rings. The molecule has 0 saturated heterocycles. The number of carboxylic acids is 1. The van der Waals surface area contributed by atoms with Gasteiger partial charge in [0.05, 0.1) is 12.0 Å². The summed E-state index contributed by atoms with van der Waals surface area (Å²) in [5.41, 5.74) is 0.724. The van der Waals surface area contributed by atoms with Crippen molar-refractivity contribution in [1.29, 1.82) is 0 Å². The lowest BCUT2D eigenvalue weighted by molar-refractivity contribution is -0.142. The number of carboxylic acid groups (broad SMARTS) is 1. The molecule has 0 bridgehead atoms. The predicted octanol–water partition coefficient (Wildman–Crippen LogP) is 3.04. The maximum absolute atomic E-state index is 12.6. The van der Waals surface area contributed by atoms with Crippen molar-refractivity contribution >= 4 is 17.8 Å². The molecule has 0 aliphatic heterocycles. The largest absolute Gasteiger partial charge is 0.481 e. The van der Waals surface area contributed by atoms with Crippen molar-refractivity contribution in [3.05, 3.63) is 35.9 Å². The molecule has 1 aromatic carbocycles. The molecule has 6 nitrogen and oxygen atoms in total. The second-order valence-corrected chi connectivity index (χ2v) is 7.52. The molecule has 1 fully saturated rings. The maximum Gasteiger partial charge on any atom is 0.308 e. The SMILES string of the molecule is CC(NC(=O)CC1CCCCC1)C(=O)NC(c1ccccc1)C(C)C(=O)O. The fourth-order valence-electron chi connectivity index (χ4n) is 3.60. The van der Waals surface area contributed by atoms with E-state index < -0.39 is 24.0 Å². The van der Waals surface area contributed by atoms with E-state index in [2.05, 4.69) is 10.6 Å². The first-order valence-corrected chi connectivity index (χ1v) is 9.76. The molecular weight excluding hydrogens is 344 g/mol. The van der Waals surface area contributed by atoms with Gasteiger partial charge >= 0.3 is 5.97 Å². The summed E-state index contributed by atoms with van der Waals surface area (Å²) in [7, 11) is 0. The van der Waals surface area contributed by atoms with Crippen LogP contribution in [0.3, 0.4) is 0 Å². The van der Waals surface area contributed by atoms with E-state index in [0.717, 1.165) is 18.4 Å². The highest BCUT2D eigenvalue weighted by Gasteiger charge is 2.29. The van der Waals surface area contributed by atoms with Crippen molar-refractivity contribution in [3.63, 3.8) is 0 Å². The van der Waals surface area contributed by atoms with Crippen LogP contribution in [0.5, 0.6) is 0 Å². The van der Waals surface area contributed by atoms with E-state index in [9.17, 15) is 19.5 Å². The standard InChI is InChI=1S/C21H30N2O4/c1-14(21(26)27)19(17-11-7-4-8-12-17)23-20(25)15(2)22-18(24)13-16-9-5-3-6-10-16/h4,7-8,11-12,14-16,19H,3,5-6,9-10,13H2,1-2H3,(H,22,24)(H,23,25)(H,26,27). The first-order chi connectivity index (χ1) is 12.9. The van der Waals surface area contributed by atoms with Gasteiger partial charge in [0.2, 0.25) is 11.8 Å². The molecule has 3 N–H and O–H groups in total. The molecule has 2 rings (SSSR count). The molecule has 27 heavy (non-hydrogen) atoms. The van der Waals surface area contributed by atoms with Crippen LogP contribution in [0.15, 0.2) is 30.3 Å². The van der Waals surface area contributed by atoms with Gasteiger partial charge < -0.3 is 15.7 Å². The summed E-state index contributed by atoms with van der Waals surface area (Å²) in [4.78, 5) is 36.2. The maximum atomic E-state index is 12.6. The number of hydrogen-bond donors (Lipinski definition) is 3. The molecule has 1 aliphatic carbocycles. The summed E-state index contributed by atoms with van der Waals surface area (Å²) in [6.45, 7) is 3.19. The Balaban J connectivity index is 1.94. The van der Waals surface area contributed by atoms with Crippen LogP contribution >= 0.6 is 0 Å². The highest BCUT2D eigenvalue weighted by molar-refractivity contribution is 5.88. The minimum atomic E-state index is -0.988. The molecule has 0 heterocycles. The van der Waals surface area contributed by atoms with Gasteiger partial charge in [-0.15, -0.1) is 0 Å². The van der Waals surface area contributed by atoms with Crippen molar-refractivity contribution in [1.82, 2.24) is 10.6 Å². The van der Waals surface area contributed by atoms with Crippen LogP contribution in [-0.4, -0.2) is 28.9 Å². The zero-order valence-electron chi connectivity index (χ0n) is 16.1. The van der Waals surface area contributed by atoms with E-state index in [1.165, 1.54) is 19.3 Å². The Hall–Kier alpha value is -2.37. The van der Waals surface area contributed by atoms with Gasteiger partial charge in [-0.05, 0) is 38.2 Å². The molecule has 148 valence electrons. The van der Waals surface area contributed by atoms with Gasteiger partial charge in [-0.2, -0.15) is 0 Å². The fourth-order valence-corrected chi connectivity index (χ4v) is 3.60. The Bertz CT molecular complexity index is 641. The van der Waals surface area contributed by atoms with Crippen LogP contribution in [0.4, 0.5) is 0 Å². The second-order valence-electron chi connectivity index (χ2n) is 7.52. The fraction of sp³-hybridized carbons (Fsp3) is 0.571. The van der Waals surface area contributed by atoms with Crippen molar-refractivity contribution in [2.24, 2.45) is 11.8 Å². The van der Waals surface area contributed by atoms with Crippen LogP contribution in [0.25, 0.3) is 0 Å². The normalized spacial score (nSPS) is 18.1. The lowest BCUT2D eigenvalue weighted by atomic mass is 9.87. The van der Waals surface area contributed by atoms with E-state index in [1.54, 1.807) is 38.1 Å². The van der Waals surface area contributed by atoms with Gasteiger partial charge in [0, 0.05) is 6.42 Å². The van der Waals surface area contributed by atoms with Gasteiger partial charge in [-0.3, -0.25) is 14.4 Å². The Labute approximate surface area is 160 Å². The van der Waals surface area contributed by atoms with Crippen LogP contribution < -0.4 is 10.6 Å². The van der Waals surface area contributed by atoms with E-state index in [0.29, 0.717) is 12.3 Å². The Morgan fingerprint density at radius 2 is 1.67 bits per heavy atom. The summed E-state index contributed by atoms with van der Waals surface area (Å²) in [5.74, 6) is -1.88. The average molecular weight is 374 g/mol. The van der Waals surface area contributed by atoms with Gasteiger partial charge in [0.1, 0.15) is 6.04 Å². The van der Waals surface area contributed by atoms with Crippen molar-refractivity contribution < 1.29 is 19.5 Å². The number of carbonyl (C=O) groups is 3. The first kappa shape index (κ1) is 20.9. The van der Waals surface area contributed by atoms with E-state index in [4.69, 9.17) is 0 Å². The molecule has 0 aromatic heterocycles. The minimum absolute atomic E-state index is 0.118. The minimum Gasteiger partial charge on any atom is -0.481 e. The first-order valence-electron chi connectivity index (χ1n) is 9.76. The summed E-state index contributed by atoms with van der Waals surface area (Å²) in [6, 6.07) is 7.65. The summed E-state index contributed by atoms with van der Waals surface area (Å²) < 4.78 is 0. The molecule has 0 spiro atoms. The van der Waals surface area contributed by atoms with Crippen molar-refractivity contribution in [3.8, 4) is 0 Å². The van der Waals surface area contributed by atoms with Crippen LogP contribution in [-0.2, 0) is 14.4 Å². The number of nitrogens with one attached hydrogen (secondary N) is 2.